The van der Waals surface area contributed by atoms with Crippen molar-refractivity contribution >= 4 is 34.8 Å². The van der Waals surface area contributed by atoms with Crippen LogP contribution in [0.4, 0.5) is 5.69 Å². The third-order valence-electron chi connectivity index (χ3n) is 4.17. The number of aryl methyl sites for hydroxylation is 1. The molecule has 0 saturated heterocycles. The number of hydrogen-bond acceptors (Lipinski definition) is 3. The summed E-state index contributed by atoms with van der Waals surface area (Å²) in [6.07, 6.45) is 0. The predicted octanol–water partition coefficient (Wildman–Crippen LogP) is 6.14. The highest BCUT2D eigenvalue weighted by molar-refractivity contribution is 6.31. The van der Waals surface area contributed by atoms with Gasteiger partial charge in [-0.1, -0.05) is 29.3 Å². The second kappa shape index (κ2) is 9.00. The summed E-state index contributed by atoms with van der Waals surface area (Å²) in [5, 5.41) is 4.12. The van der Waals surface area contributed by atoms with Crippen molar-refractivity contribution in [1.29, 1.82) is 0 Å². The number of amides is 1. The first-order valence-electron chi connectivity index (χ1n) is 8.59. The fourth-order valence-corrected chi connectivity index (χ4v) is 3.12. The van der Waals surface area contributed by atoms with Gasteiger partial charge in [0.25, 0.3) is 5.91 Å². The molecule has 0 unspecified atom stereocenters. The van der Waals surface area contributed by atoms with E-state index in [2.05, 4.69) is 5.32 Å². The topological polar surface area (TPSA) is 47.6 Å². The average molecular weight is 416 g/mol. The van der Waals surface area contributed by atoms with Gasteiger partial charge >= 0.3 is 0 Å². The minimum absolute atomic E-state index is 0.225. The number of halogens is 2. The smallest absolute Gasteiger partial charge is 0.255 e. The van der Waals surface area contributed by atoms with Crippen LogP contribution in [-0.4, -0.2) is 13.0 Å². The Morgan fingerprint density at radius 1 is 1.00 bits per heavy atom. The molecule has 0 aliphatic heterocycles. The Hall–Kier alpha value is -2.69. The lowest BCUT2D eigenvalue weighted by molar-refractivity contribution is 0.102. The summed E-state index contributed by atoms with van der Waals surface area (Å²) >= 11 is 12.0. The molecule has 1 N–H and O–H groups in total. The highest BCUT2D eigenvalue weighted by Crippen LogP contribution is 2.25. The van der Waals surface area contributed by atoms with E-state index in [0.717, 1.165) is 11.1 Å². The molecule has 0 heterocycles. The number of carbonyl (C=O) groups excluding carboxylic acids is 1. The lowest BCUT2D eigenvalue weighted by Crippen LogP contribution is -2.13. The van der Waals surface area contributed by atoms with Crippen LogP contribution in [0.25, 0.3) is 0 Å². The number of nitrogens with one attached hydrogen (secondary N) is 1. The summed E-state index contributed by atoms with van der Waals surface area (Å²) in [6.45, 7) is 2.13. The quantitative estimate of drug-likeness (QED) is 0.525. The number of ether oxygens (including phenoxy) is 2. The van der Waals surface area contributed by atoms with Crippen LogP contribution in [-0.2, 0) is 6.61 Å². The van der Waals surface area contributed by atoms with E-state index in [1.807, 2.05) is 19.1 Å². The number of anilines is 1. The van der Waals surface area contributed by atoms with Crippen LogP contribution >= 0.6 is 23.2 Å². The number of methoxy groups -OCH3 is 1. The first-order valence-corrected chi connectivity index (χ1v) is 9.34. The maximum absolute atomic E-state index is 12.7. The number of benzene rings is 3. The van der Waals surface area contributed by atoms with Gasteiger partial charge in [0.1, 0.15) is 18.1 Å². The van der Waals surface area contributed by atoms with Crippen LogP contribution in [0.2, 0.25) is 10.0 Å². The first-order chi connectivity index (χ1) is 13.5. The summed E-state index contributed by atoms with van der Waals surface area (Å²) in [7, 11) is 1.58. The summed E-state index contributed by atoms with van der Waals surface area (Å²) in [4.78, 5) is 12.7. The Balaban J connectivity index is 1.78. The van der Waals surface area contributed by atoms with Gasteiger partial charge in [0, 0.05) is 26.9 Å². The van der Waals surface area contributed by atoms with Crippen LogP contribution in [0.5, 0.6) is 11.5 Å². The maximum Gasteiger partial charge on any atom is 0.255 e. The van der Waals surface area contributed by atoms with Gasteiger partial charge in [-0.3, -0.25) is 4.79 Å². The summed E-state index contributed by atoms with van der Waals surface area (Å²) in [5.74, 6) is 1.06. The van der Waals surface area contributed by atoms with Crippen LogP contribution in [0.15, 0.2) is 60.7 Å². The lowest BCUT2D eigenvalue weighted by Gasteiger charge is -2.13. The molecule has 0 fully saturated rings. The van der Waals surface area contributed by atoms with Crippen molar-refractivity contribution in [1.82, 2.24) is 0 Å². The molecule has 0 aromatic heterocycles. The van der Waals surface area contributed by atoms with Crippen LogP contribution in [0.1, 0.15) is 21.5 Å². The lowest BCUT2D eigenvalue weighted by atomic mass is 10.1. The SMILES string of the molecule is COc1ccc(C(=O)Nc2ccc(Cl)cc2C)cc1COc1cccc(Cl)c1. The predicted molar refractivity (Wildman–Crippen MR) is 113 cm³/mol. The van der Waals surface area contributed by atoms with E-state index in [9.17, 15) is 4.79 Å². The summed E-state index contributed by atoms with van der Waals surface area (Å²) < 4.78 is 11.2. The van der Waals surface area contributed by atoms with Gasteiger partial charge in [0.05, 0.1) is 7.11 Å². The Kier molecular flexibility index (Phi) is 6.45. The molecule has 0 aliphatic rings. The fraction of sp³-hybridized carbons (Fsp3) is 0.136. The molecule has 0 spiro atoms. The molecule has 4 nitrogen and oxygen atoms in total. The van der Waals surface area contributed by atoms with Gasteiger partial charge in [0.15, 0.2) is 0 Å². The molecule has 3 aromatic rings. The number of rotatable bonds is 6. The normalized spacial score (nSPS) is 10.4. The Bertz CT molecular complexity index is 1000. The Morgan fingerprint density at radius 3 is 2.50 bits per heavy atom. The van der Waals surface area contributed by atoms with Crippen LogP contribution < -0.4 is 14.8 Å². The molecule has 6 heteroatoms. The Labute approximate surface area is 174 Å². The van der Waals surface area contributed by atoms with E-state index < -0.39 is 0 Å². The molecule has 3 rings (SSSR count). The Morgan fingerprint density at radius 2 is 1.79 bits per heavy atom. The third kappa shape index (κ3) is 4.97. The van der Waals surface area contributed by atoms with E-state index in [-0.39, 0.29) is 12.5 Å². The molecular weight excluding hydrogens is 397 g/mol. The van der Waals surface area contributed by atoms with E-state index in [0.29, 0.717) is 32.8 Å². The van der Waals surface area contributed by atoms with E-state index in [1.165, 1.54) is 0 Å². The molecule has 144 valence electrons. The van der Waals surface area contributed by atoms with Crippen molar-refractivity contribution in [2.24, 2.45) is 0 Å². The van der Waals surface area contributed by atoms with Gasteiger partial charge < -0.3 is 14.8 Å². The van der Waals surface area contributed by atoms with Crippen molar-refractivity contribution in [2.75, 3.05) is 12.4 Å². The zero-order valence-corrected chi connectivity index (χ0v) is 17.0. The number of carbonyl (C=O) groups is 1. The highest BCUT2D eigenvalue weighted by atomic mass is 35.5. The molecule has 0 aliphatic carbocycles. The van der Waals surface area contributed by atoms with Crippen molar-refractivity contribution in [3.63, 3.8) is 0 Å². The van der Waals surface area contributed by atoms with Crippen molar-refractivity contribution in [3.05, 3.63) is 87.4 Å². The zero-order valence-electron chi connectivity index (χ0n) is 15.5. The van der Waals surface area contributed by atoms with Crippen molar-refractivity contribution in [2.45, 2.75) is 13.5 Å². The monoisotopic (exact) mass is 415 g/mol. The van der Waals surface area contributed by atoms with Gasteiger partial charge in [-0.15, -0.1) is 0 Å². The number of hydrogen-bond donors (Lipinski definition) is 1. The van der Waals surface area contributed by atoms with Crippen LogP contribution in [0.3, 0.4) is 0 Å². The molecule has 0 atom stereocenters. The summed E-state index contributed by atoms with van der Waals surface area (Å²) in [6, 6.07) is 17.7. The molecule has 3 aromatic carbocycles. The van der Waals surface area contributed by atoms with Crippen LogP contribution in [0, 0.1) is 6.92 Å². The minimum atomic E-state index is -0.225. The second-order valence-corrected chi connectivity index (χ2v) is 7.06. The zero-order chi connectivity index (χ0) is 20.1. The van der Waals surface area contributed by atoms with Gasteiger partial charge in [-0.05, 0) is 67.1 Å². The fourth-order valence-electron chi connectivity index (χ4n) is 2.71. The van der Waals surface area contributed by atoms with Gasteiger partial charge in [-0.25, -0.2) is 0 Å². The first kappa shape index (κ1) is 20.1. The summed E-state index contributed by atoms with van der Waals surface area (Å²) in [5.41, 5.74) is 2.85. The standard InChI is InChI=1S/C22H19Cl2NO3/c1-14-10-18(24)7-8-20(14)25-22(26)15-6-9-21(27-2)16(11-15)13-28-19-5-3-4-17(23)12-19/h3-12H,13H2,1-2H3,(H,25,26). The molecule has 0 saturated carbocycles. The largest absolute Gasteiger partial charge is 0.496 e. The second-order valence-electron chi connectivity index (χ2n) is 6.19. The molecule has 0 bridgehead atoms. The molecule has 1 amide bonds. The van der Waals surface area contributed by atoms with E-state index >= 15 is 0 Å². The highest BCUT2D eigenvalue weighted by Gasteiger charge is 2.12. The van der Waals surface area contributed by atoms with E-state index in [1.54, 1.807) is 55.6 Å². The molecular formula is C22H19Cl2NO3. The van der Waals surface area contributed by atoms with Gasteiger partial charge in [0.2, 0.25) is 0 Å². The van der Waals surface area contributed by atoms with Crippen molar-refractivity contribution in [3.8, 4) is 11.5 Å². The van der Waals surface area contributed by atoms with E-state index in [4.69, 9.17) is 32.7 Å². The molecule has 0 radical (unpaired) electrons. The van der Waals surface area contributed by atoms with Gasteiger partial charge in [-0.2, -0.15) is 0 Å². The average Bonchev–Trinajstić information content (AvgIpc) is 2.68. The molecule has 28 heavy (non-hydrogen) atoms. The maximum atomic E-state index is 12.7. The third-order valence-corrected chi connectivity index (χ3v) is 4.64. The minimum Gasteiger partial charge on any atom is -0.496 e. The van der Waals surface area contributed by atoms with Crippen molar-refractivity contribution < 1.29 is 14.3 Å².